The van der Waals surface area contributed by atoms with Crippen molar-refractivity contribution >= 4 is 40.2 Å². The highest BCUT2D eigenvalue weighted by molar-refractivity contribution is 7.18. The average Bonchev–Trinajstić information content (AvgIpc) is 3.04. The Morgan fingerprint density at radius 2 is 1.70 bits per heavy atom. The number of rotatable bonds is 8. The molecule has 1 aromatic heterocycles. The van der Waals surface area contributed by atoms with E-state index in [0.29, 0.717) is 28.5 Å². The van der Waals surface area contributed by atoms with Gasteiger partial charge in [-0.05, 0) is 51.8 Å². The third-order valence-electron chi connectivity index (χ3n) is 4.61. The molecule has 0 saturated heterocycles. The van der Waals surface area contributed by atoms with E-state index in [1.54, 1.807) is 24.8 Å². The van der Waals surface area contributed by atoms with Crippen molar-refractivity contribution in [3.8, 4) is 0 Å². The molecule has 1 heterocycles. The zero-order valence-electron chi connectivity index (χ0n) is 18.1. The second kappa shape index (κ2) is 10.7. The monoisotopic (exact) mass is 428 g/mol. The fourth-order valence-electron chi connectivity index (χ4n) is 2.91. The molecule has 0 saturated carbocycles. The molecule has 0 unspecified atom stereocenters. The van der Waals surface area contributed by atoms with Gasteiger partial charge in [0.15, 0.2) is 0 Å². The van der Waals surface area contributed by atoms with Crippen LogP contribution in [0.4, 0.5) is 5.00 Å². The largest absolute Gasteiger partial charge is 0.462 e. The number of esters is 1. The molecule has 1 N–H and O–H groups in total. The van der Waals surface area contributed by atoms with E-state index < -0.39 is 5.97 Å². The van der Waals surface area contributed by atoms with Crippen molar-refractivity contribution in [1.82, 2.24) is 4.90 Å². The summed E-state index contributed by atoms with van der Waals surface area (Å²) in [5.41, 5.74) is 2.78. The molecular formula is C23H28N2O4S. The Labute approximate surface area is 181 Å². The van der Waals surface area contributed by atoms with Crippen molar-refractivity contribution in [3.05, 3.63) is 57.5 Å². The zero-order valence-corrected chi connectivity index (χ0v) is 18.9. The van der Waals surface area contributed by atoms with Crippen LogP contribution in [0.2, 0.25) is 0 Å². The summed E-state index contributed by atoms with van der Waals surface area (Å²) >= 11 is 1.10. The van der Waals surface area contributed by atoms with Crippen LogP contribution in [0.25, 0.3) is 6.08 Å². The van der Waals surface area contributed by atoms with Crippen LogP contribution < -0.4 is 5.32 Å². The lowest BCUT2D eigenvalue weighted by Crippen LogP contribution is -2.30. The van der Waals surface area contributed by atoms with Gasteiger partial charge in [0.25, 0.3) is 5.91 Å². The Hall–Kier alpha value is -2.93. The lowest BCUT2D eigenvalue weighted by Gasteiger charge is -2.18. The van der Waals surface area contributed by atoms with E-state index in [4.69, 9.17) is 4.74 Å². The number of benzene rings is 1. The van der Waals surface area contributed by atoms with Gasteiger partial charge in [0.05, 0.1) is 17.0 Å². The summed E-state index contributed by atoms with van der Waals surface area (Å²) < 4.78 is 5.15. The number of ether oxygens (including phenoxy) is 1. The number of nitrogens with zero attached hydrogens (tertiary/aromatic N) is 1. The maximum absolute atomic E-state index is 12.9. The fraction of sp³-hybridized carbons (Fsp3) is 0.348. The SMILES string of the molecule is CCOC(=O)c1c(NC(=O)/C=C/c2ccc(C)cc2)sc(C(=O)N(CC)CC)c1C. The molecule has 2 amide bonds. The van der Waals surface area contributed by atoms with Gasteiger partial charge in [0, 0.05) is 19.2 Å². The smallest absolute Gasteiger partial charge is 0.341 e. The van der Waals surface area contributed by atoms with Gasteiger partial charge >= 0.3 is 5.97 Å². The van der Waals surface area contributed by atoms with Gasteiger partial charge in [-0.3, -0.25) is 9.59 Å². The normalized spacial score (nSPS) is 10.8. The number of amides is 2. The van der Waals surface area contributed by atoms with Crippen LogP contribution in [0.1, 0.15) is 57.5 Å². The maximum atomic E-state index is 12.9. The minimum absolute atomic E-state index is 0.163. The van der Waals surface area contributed by atoms with Crippen LogP contribution in [-0.4, -0.2) is 42.4 Å². The molecule has 0 aliphatic heterocycles. The van der Waals surface area contributed by atoms with Crippen molar-refractivity contribution in [3.63, 3.8) is 0 Å². The van der Waals surface area contributed by atoms with Crippen LogP contribution in [0.5, 0.6) is 0 Å². The second-order valence-electron chi connectivity index (χ2n) is 6.69. The summed E-state index contributed by atoms with van der Waals surface area (Å²) in [7, 11) is 0. The molecule has 0 radical (unpaired) electrons. The van der Waals surface area contributed by atoms with Crippen molar-refractivity contribution in [2.75, 3.05) is 25.0 Å². The minimum atomic E-state index is -0.553. The number of hydrogen-bond acceptors (Lipinski definition) is 5. The van der Waals surface area contributed by atoms with E-state index in [1.165, 1.54) is 6.08 Å². The molecule has 160 valence electrons. The average molecular weight is 429 g/mol. The highest BCUT2D eigenvalue weighted by Gasteiger charge is 2.27. The molecule has 7 heteroatoms. The third kappa shape index (κ3) is 5.57. The van der Waals surface area contributed by atoms with Crippen LogP contribution in [0.15, 0.2) is 30.3 Å². The van der Waals surface area contributed by atoms with Gasteiger partial charge in [0.2, 0.25) is 5.91 Å². The van der Waals surface area contributed by atoms with E-state index in [1.807, 2.05) is 45.0 Å². The number of hydrogen-bond donors (Lipinski definition) is 1. The Kier molecular flexibility index (Phi) is 8.35. The fourth-order valence-corrected chi connectivity index (χ4v) is 4.08. The summed E-state index contributed by atoms with van der Waals surface area (Å²) in [4.78, 5) is 40.0. The summed E-state index contributed by atoms with van der Waals surface area (Å²) in [5, 5.41) is 3.06. The zero-order chi connectivity index (χ0) is 22.3. The number of carbonyl (C=O) groups excluding carboxylic acids is 3. The van der Waals surface area contributed by atoms with E-state index in [-0.39, 0.29) is 24.0 Å². The maximum Gasteiger partial charge on any atom is 0.341 e. The predicted octanol–water partition coefficient (Wildman–Crippen LogP) is 4.68. The Morgan fingerprint density at radius 3 is 2.27 bits per heavy atom. The van der Waals surface area contributed by atoms with Crippen LogP contribution >= 0.6 is 11.3 Å². The first-order chi connectivity index (χ1) is 14.3. The number of aryl methyl sites for hydroxylation is 1. The molecule has 6 nitrogen and oxygen atoms in total. The van der Waals surface area contributed by atoms with E-state index in [9.17, 15) is 14.4 Å². The predicted molar refractivity (Wildman–Crippen MR) is 121 cm³/mol. The summed E-state index contributed by atoms with van der Waals surface area (Å²) in [6.45, 7) is 10.5. The van der Waals surface area contributed by atoms with Crippen LogP contribution in [0.3, 0.4) is 0 Å². The topological polar surface area (TPSA) is 75.7 Å². The molecule has 2 rings (SSSR count). The lowest BCUT2D eigenvalue weighted by molar-refractivity contribution is -0.111. The van der Waals surface area contributed by atoms with Gasteiger partial charge in [-0.1, -0.05) is 29.8 Å². The molecule has 2 aromatic rings. The van der Waals surface area contributed by atoms with Gasteiger partial charge < -0.3 is 15.0 Å². The van der Waals surface area contributed by atoms with Gasteiger partial charge in [-0.15, -0.1) is 11.3 Å². The number of carbonyl (C=O) groups is 3. The number of nitrogens with one attached hydrogen (secondary N) is 1. The highest BCUT2D eigenvalue weighted by Crippen LogP contribution is 2.34. The number of thiophene rings is 1. The van der Waals surface area contributed by atoms with Crippen molar-refractivity contribution < 1.29 is 19.1 Å². The molecule has 0 fully saturated rings. The van der Waals surface area contributed by atoms with E-state index in [0.717, 1.165) is 22.5 Å². The molecule has 0 bridgehead atoms. The van der Waals surface area contributed by atoms with Crippen LogP contribution in [0, 0.1) is 13.8 Å². The van der Waals surface area contributed by atoms with Gasteiger partial charge in [-0.2, -0.15) is 0 Å². The second-order valence-corrected chi connectivity index (χ2v) is 7.71. The minimum Gasteiger partial charge on any atom is -0.462 e. The Morgan fingerprint density at radius 1 is 1.07 bits per heavy atom. The summed E-state index contributed by atoms with van der Waals surface area (Å²) in [6.07, 6.45) is 3.10. The first-order valence-electron chi connectivity index (χ1n) is 9.97. The van der Waals surface area contributed by atoms with Crippen molar-refractivity contribution in [1.29, 1.82) is 0 Å². The first-order valence-corrected chi connectivity index (χ1v) is 10.8. The van der Waals surface area contributed by atoms with Crippen molar-refractivity contribution in [2.24, 2.45) is 0 Å². The van der Waals surface area contributed by atoms with Crippen LogP contribution in [-0.2, 0) is 9.53 Å². The third-order valence-corrected chi connectivity index (χ3v) is 5.81. The standard InChI is InChI=1S/C23H28N2O4S/c1-6-25(7-2)22(27)20-16(5)19(23(28)29-8-3)21(30-20)24-18(26)14-13-17-11-9-15(4)10-12-17/h9-14H,6-8H2,1-5H3,(H,24,26)/b14-13+. The molecule has 0 atom stereocenters. The van der Waals surface area contributed by atoms with E-state index >= 15 is 0 Å². The molecule has 0 aliphatic rings. The van der Waals surface area contributed by atoms with Gasteiger partial charge in [0.1, 0.15) is 5.00 Å². The molecule has 0 aliphatic carbocycles. The van der Waals surface area contributed by atoms with Gasteiger partial charge in [-0.25, -0.2) is 4.79 Å². The highest BCUT2D eigenvalue weighted by atomic mass is 32.1. The molecule has 0 spiro atoms. The van der Waals surface area contributed by atoms with Crippen molar-refractivity contribution in [2.45, 2.75) is 34.6 Å². The Bertz CT molecular complexity index is 941. The molecular weight excluding hydrogens is 400 g/mol. The quantitative estimate of drug-likeness (QED) is 0.489. The summed E-state index contributed by atoms with van der Waals surface area (Å²) in [5.74, 6) is -1.10. The van der Waals surface area contributed by atoms with E-state index in [2.05, 4.69) is 5.32 Å². The Balaban J connectivity index is 2.33. The summed E-state index contributed by atoms with van der Waals surface area (Å²) in [6, 6.07) is 7.76. The lowest BCUT2D eigenvalue weighted by atomic mass is 10.1. The molecule has 30 heavy (non-hydrogen) atoms. The first kappa shape index (κ1) is 23.3. The number of anilines is 1. The molecule has 1 aromatic carbocycles.